The highest BCUT2D eigenvalue weighted by Crippen LogP contribution is 2.39. The van der Waals surface area contributed by atoms with E-state index in [1.165, 1.54) is 0 Å². The third-order valence-corrected chi connectivity index (χ3v) is 7.48. The maximum Gasteiger partial charge on any atom is 0.256 e. The Morgan fingerprint density at radius 1 is 1.03 bits per heavy atom. The lowest BCUT2D eigenvalue weighted by Crippen LogP contribution is -2.59. The second-order valence-electron chi connectivity index (χ2n) is 9.63. The van der Waals surface area contributed by atoms with Gasteiger partial charge in [-0.25, -0.2) is 0 Å². The fourth-order valence-corrected chi connectivity index (χ4v) is 5.36. The van der Waals surface area contributed by atoms with Gasteiger partial charge in [-0.1, -0.05) is 47.5 Å². The minimum atomic E-state index is -0.995. The SMILES string of the molecule is Cc1cccc(C(=O)N2[C@H](C(=O)NCc3ccccn3)COC23CCN(C(=O)c2ccccc2Cl)CC3)c1. The van der Waals surface area contributed by atoms with Crippen molar-refractivity contribution in [2.24, 2.45) is 0 Å². The lowest BCUT2D eigenvalue weighted by Gasteiger charge is -2.44. The van der Waals surface area contributed by atoms with Gasteiger partial charge in [0.25, 0.3) is 11.8 Å². The Balaban J connectivity index is 1.37. The van der Waals surface area contributed by atoms with Crippen LogP contribution in [-0.4, -0.2) is 64.0 Å². The molecule has 3 heterocycles. The first-order chi connectivity index (χ1) is 18.4. The maximum absolute atomic E-state index is 13.9. The molecule has 2 aliphatic rings. The zero-order chi connectivity index (χ0) is 26.7. The number of ether oxygens (including phenoxy) is 1. The zero-order valence-electron chi connectivity index (χ0n) is 21.1. The first kappa shape index (κ1) is 25.9. The molecule has 2 fully saturated rings. The molecule has 1 aromatic heterocycles. The molecule has 2 aliphatic heterocycles. The molecule has 1 N–H and O–H groups in total. The number of hydrogen-bond acceptors (Lipinski definition) is 5. The third kappa shape index (κ3) is 5.14. The second kappa shape index (κ2) is 10.9. The predicted molar refractivity (Wildman–Crippen MR) is 142 cm³/mol. The van der Waals surface area contributed by atoms with E-state index in [-0.39, 0.29) is 30.9 Å². The lowest BCUT2D eigenvalue weighted by molar-refractivity contribution is -0.128. The average molecular weight is 533 g/mol. The van der Waals surface area contributed by atoms with Crippen molar-refractivity contribution in [3.63, 3.8) is 0 Å². The minimum absolute atomic E-state index is 0.0735. The van der Waals surface area contributed by atoms with Crippen LogP contribution in [0.25, 0.3) is 0 Å². The summed E-state index contributed by atoms with van der Waals surface area (Å²) in [5.74, 6) is -0.733. The largest absolute Gasteiger partial charge is 0.353 e. The molecule has 1 spiro atoms. The Morgan fingerprint density at radius 2 is 1.79 bits per heavy atom. The molecule has 0 unspecified atom stereocenters. The van der Waals surface area contributed by atoms with E-state index in [4.69, 9.17) is 16.3 Å². The summed E-state index contributed by atoms with van der Waals surface area (Å²) in [7, 11) is 0. The molecular formula is C29H29ClN4O4. The number of aromatic nitrogens is 1. The van der Waals surface area contributed by atoms with Gasteiger partial charge in [0, 0.05) is 37.7 Å². The fourth-order valence-electron chi connectivity index (χ4n) is 5.15. The molecule has 3 amide bonds. The molecule has 0 radical (unpaired) electrons. The topological polar surface area (TPSA) is 91.8 Å². The van der Waals surface area contributed by atoms with Gasteiger partial charge >= 0.3 is 0 Å². The number of benzene rings is 2. The number of pyridine rings is 1. The number of aryl methyl sites for hydroxylation is 1. The van der Waals surface area contributed by atoms with Gasteiger partial charge in [-0.2, -0.15) is 0 Å². The van der Waals surface area contributed by atoms with E-state index in [0.29, 0.717) is 42.1 Å². The highest BCUT2D eigenvalue weighted by atomic mass is 35.5. The fraction of sp³-hybridized carbons (Fsp3) is 0.310. The van der Waals surface area contributed by atoms with Crippen LogP contribution in [0.2, 0.25) is 5.02 Å². The van der Waals surface area contributed by atoms with Crippen LogP contribution >= 0.6 is 11.6 Å². The van der Waals surface area contributed by atoms with Gasteiger partial charge in [0.15, 0.2) is 0 Å². The van der Waals surface area contributed by atoms with E-state index < -0.39 is 11.8 Å². The Hall–Kier alpha value is -3.75. The summed E-state index contributed by atoms with van der Waals surface area (Å²) in [6, 6.07) is 19.0. The summed E-state index contributed by atoms with van der Waals surface area (Å²) in [6.45, 7) is 2.97. The first-order valence-electron chi connectivity index (χ1n) is 12.6. The minimum Gasteiger partial charge on any atom is -0.353 e. The number of rotatable bonds is 5. The Bertz CT molecular complexity index is 1340. The number of nitrogens with one attached hydrogen (secondary N) is 1. The maximum atomic E-state index is 13.9. The molecule has 2 saturated heterocycles. The number of likely N-dealkylation sites (tertiary alicyclic amines) is 1. The zero-order valence-corrected chi connectivity index (χ0v) is 21.9. The predicted octanol–water partition coefficient (Wildman–Crippen LogP) is 3.83. The van der Waals surface area contributed by atoms with Crippen molar-refractivity contribution < 1.29 is 19.1 Å². The van der Waals surface area contributed by atoms with Gasteiger partial charge in [0.05, 0.1) is 29.4 Å². The van der Waals surface area contributed by atoms with Gasteiger partial charge in [0.2, 0.25) is 5.91 Å². The average Bonchev–Trinajstić information content (AvgIpc) is 3.30. The summed E-state index contributed by atoms with van der Waals surface area (Å²) in [4.78, 5) is 48.0. The Kier molecular flexibility index (Phi) is 7.44. The summed E-state index contributed by atoms with van der Waals surface area (Å²) in [6.07, 6.45) is 2.43. The van der Waals surface area contributed by atoms with E-state index >= 15 is 0 Å². The van der Waals surface area contributed by atoms with E-state index in [1.807, 2.05) is 43.3 Å². The summed E-state index contributed by atoms with van der Waals surface area (Å²) in [5.41, 5.74) is 1.60. The van der Waals surface area contributed by atoms with E-state index in [9.17, 15) is 14.4 Å². The lowest BCUT2D eigenvalue weighted by atomic mass is 9.95. The number of carbonyl (C=O) groups excluding carboxylic acids is 3. The smallest absolute Gasteiger partial charge is 0.256 e. The number of carbonyl (C=O) groups is 3. The highest BCUT2D eigenvalue weighted by Gasteiger charge is 2.54. The van der Waals surface area contributed by atoms with Gasteiger partial charge in [0.1, 0.15) is 11.8 Å². The molecule has 3 aromatic rings. The van der Waals surface area contributed by atoms with E-state index in [1.54, 1.807) is 46.3 Å². The molecule has 2 aromatic carbocycles. The van der Waals surface area contributed by atoms with Crippen LogP contribution in [0.1, 0.15) is 44.8 Å². The van der Waals surface area contributed by atoms with Crippen molar-refractivity contribution >= 4 is 29.3 Å². The van der Waals surface area contributed by atoms with Gasteiger partial charge < -0.3 is 15.0 Å². The van der Waals surface area contributed by atoms with Crippen molar-refractivity contribution in [2.75, 3.05) is 19.7 Å². The van der Waals surface area contributed by atoms with Crippen molar-refractivity contribution in [1.82, 2.24) is 20.1 Å². The molecule has 5 rings (SSSR count). The van der Waals surface area contributed by atoms with Crippen molar-refractivity contribution in [2.45, 2.75) is 38.1 Å². The van der Waals surface area contributed by atoms with Gasteiger partial charge in [-0.3, -0.25) is 24.3 Å². The molecular weight excluding hydrogens is 504 g/mol. The van der Waals surface area contributed by atoms with Crippen LogP contribution < -0.4 is 5.32 Å². The molecule has 0 saturated carbocycles. The number of nitrogens with zero attached hydrogens (tertiary/aromatic N) is 3. The molecule has 9 heteroatoms. The quantitative estimate of drug-likeness (QED) is 0.539. The highest BCUT2D eigenvalue weighted by molar-refractivity contribution is 6.33. The standard InChI is InChI=1S/C29H29ClN4O4/c1-20-7-6-8-21(17-20)27(36)34-25(26(35)32-18-22-9-4-5-14-31-22)19-38-29(34)12-15-33(16-13-29)28(37)23-10-2-3-11-24(23)30/h2-11,14,17,25H,12-13,15-16,18-19H2,1H3,(H,32,35)/t25-/m0/s1. The Morgan fingerprint density at radius 3 is 2.50 bits per heavy atom. The number of halogens is 1. The normalized spacial score (nSPS) is 18.4. The van der Waals surface area contributed by atoms with Crippen LogP contribution in [0, 0.1) is 6.92 Å². The van der Waals surface area contributed by atoms with Crippen LogP contribution in [0.15, 0.2) is 72.9 Å². The number of amides is 3. The molecule has 8 nitrogen and oxygen atoms in total. The van der Waals surface area contributed by atoms with Gasteiger partial charge in [-0.05, 0) is 43.3 Å². The van der Waals surface area contributed by atoms with Crippen molar-refractivity contribution in [3.8, 4) is 0 Å². The van der Waals surface area contributed by atoms with Crippen LogP contribution in [0.5, 0.6) is 0 Å². The first-order valence-corrected chi connectivity index (χ1v) is 13.0. The van der Waals surface area contributed by atoms with Crippen LogP contribution in [0.4, 0.5) is 0 Å². The summed E-state index contributed by atoms with van der Waals surface area (Å²) < 4.78 is 6.27. The number of hydrogen-bond donors (Lipinski definition) is 1. The Labute approximate surface area is 226 Å². The van der Waals surface area contributed by atoms with E-state index in [0.717, 1.165) is 11.3 Å². The third-order valence-electron chi connectivity index (χ3n) is 7.15. The number of piperidine rings is 1. The molecule has 38 heavy (non-hydrogen) atoms. The second-order valence-corrected chi connectivity index (χ2v) is 10.0. The molecule has 196 valence electrons. The monoisotopic (exact) mass is 532 g/mol. The summed E-state index contributed by atoms with van der Waals surface area (Å²) >= 11 is 6.26. The molecule has 1 atom stereocenters. The van der Waals surface area contributed by atoms with Crippen LogP contribution in [0.3, 0.4) is 0 Å². The van der Waals surface area contributed by atoms with Gasteiger partial charge in [-0.15, -0.1) is 0 Å². The molecule has 0 aliphatic carbocycles. The van der Waals surface area contributed by atoms with Crippen LogP contribution in [-0.2, 0) is 16.1 Å². The van der Waals surface area contributed by atoms with Crippen molar-refractivity contribution in [1.29, 1.82) is 0 Å². The summed E-state index contributed by atoms with van der Waals surface area (Å²) in [5, 5.41) is 3.31. The van der Waals surface area contributed by atoms with Crippen molar-refractivity contribution in [3.05, 3.63) is 100 Å². The van der Waals surface area contributed by atoms with E-state index in [2.05, 4.69) is 10.3 Å². The molecule has 0 bridgehead atoms.